The van der Waals surface area contributed by atoms with E-state index in [1.807, 2.05) is 23.1 Å². The first-order valence-electron chi connectivity index (χ1n) is 6.97. The van der Waals surface area contributed by atoms with Crippen LogP contribution in [-0.2, 0) is 6.54 Å². The molecule has 1 unspecified atom stereocenters. The number of hydrogen-bond donors (Lipinski definition) is 2. The summed E-state index contributed by atoms with van der Waals surface area (Å²) < 4.78 is 1.97. The van der Waals surface area contributed by atoms with Crippen LogP contribution in [-0.4, -0.2) is 22.9 Å². The molecule has 100 valence electrons. The summed E-state index contributed by atoms with van der Waals surface area (Å²) in [7, 11) is 0. The van der Waals surface area contributed by atoms with E-state index in [0.717, 1.165) is 19.6 Å². The lowest BCUT2D eigenvalue weighted by molar-refractivity contribution is 0.464. The van der Waals surface area contributed by atoms with Gasteiger partial charge >= 0.3 is 0 Å². The van der Waals surface area contributed by atoms with Crippen molar-refractivity contribution in [2.24, 2.45) is 0 Å². The predicted molar refractivity (Wildman–Crippen MR) is 77.1 cm³/mol. The van der Waals surface area contributed by atoms with Crippen molar-refractivity contribution in [1.82, 2.24) is 15.1 Å². The van der Waals surface area contributed by atoms with Crippen LogP contribution in [0.5, 0.6) is 0 Å². The van der Waals surface area contributed by atoms with Crippen LogP contribution >= 0.6 is 0 Å². The Balaban J connectivity index is 1.63. The third-order valence-corrected chi connectivity index (χ3v) is 3.61. The molecule has 0 saturated carbocycles. The maximum Gasteiger partial charge on any atom is 0.0534 e. The normalized spacial score (nSPS) is 18.4. The Hall–Kier alpha value is -1.81. The van der Waals surface area contributed by atoms with E-state index in [2.05, 4.69) is 40.0 Å². The molecule has 0 amide bonds. The number of hydrogen-bond acceptors (Lipinski definition) is 3. The summed E-state index contributed by atoms with van der Waals surface area (Å²) in [6, 6.07) is 11.0. The Bertz CT molecular complexity index is 507. The highest BCUT2D eigenvalue weighted by Gasteiger charge is 2.17. The van der Waals surface area contributed by atoms with Gasteiger partial charge in [0.05, 0.1) is 6.54 Å². The molecule has 1 aromatic carbocycles. The van der Waals surface area contributed by atoms with Gasteiger partial charge in [0.1, 0.15) is 0 Å². The van der Waals surface area contributed by atoms with E-state index in [4.69, 9.17) is 0 Å². The van der Waals surface area contributed by atoms with E-state index in [1.165, 1.54) is 24.1 Å². The average Bonchev–Trinajstić information content (AvgIpc) is 2.87. The number of nitrogens with zero attached hydrogens (tertiary/aromatic N) is 2. The topological polar surface area (TPSA) is 41.9 Å². The molecule has 0 bridgehead atoms. The number of nitrogens with one attached hydrogen (secondary N) is 2. The lowest BCUT2D eigenvalue weighted by Crippen LogP contribution is -2.25. The molecule has 0 aliphatic carbocycles. The zero-order valence-electron chi connectivity index (χ0n) is 11.0. The summed E-state index contributed by atoms with van der Waals surface area (Å²) in [6.45, 7) is 2.92. The summed E-state index contributed by atoms with van der Waals surface area (Å²) in [4.78, 5) is 0. The van der Waals surface area contributed by atoms with Gasteiger partial charge in [-0.15, -0.1) is 0 Å². The van der Waals surface area contributed by atoms with Gasteiger partial charge in [0.25, 0.3) is 0 Å². The minimum absolute atomic E-state index is 0.446. The van der Waals surface area contributed by atoms with E-state index in [0.29, 0.717) is 6.04 Å². The number of anilines is 1. The minimum atomic E-state index is 0.446. The second-order valence-electron chi connectivity index (χ2n) is 4.93. The molecular formula is C15H20N4. The molecule has 2 aromatic rings. The van der Waals surface area contributed by atoms with E-state index in [1.54, 1.807) is 0 Å². The van der Waals surface area contributed by atoms with Gasteiger partial charge in [-0.3, -0.25) is 4.68 Å². The lowest BCUT2D eigenvalue weighted by atomic mass is 10.0. The third-order valence-electron chi connectivity index (χ3n) is 3.61. The molecule has 0 saturated heterocycles. The van der Waals surface area contributed by atoms with Crippen LogP contribution in [0.2, 0.25) is 0 Å². The quantitative estimate of drug-likeness (QED) is 0.882. The fraction of sp³-hybridized carbons (Fsp3) is 0.400. The highest BCUT2D eigenvalue weighted by atomic mass is 15.3. The van der Waals surface area contributed by atoms with E-state index >= 15 is 0 Å². The van der Waals surface area contributed by atoms with Gasteiger partial charge in [-0.25, -0.2) is 0 Å². The van der Waals surface area contributed by atoms with Gasteiger partial charge in [0.2, 0.25) is 0 Å². The molecule has 19 heavy (non-hydrogen) atoms. The monoisotopic (exact) mass is 256 g/mol. The second-order valence-corrected chi connectivity index (χ2v) is 4.93. The molecular weight excluding hydrogens is 236 g/mol. The van der Waals surface area contributed by atoms with Crippen LogP contribution in [0.1, 0.15) is 24.4 Å². The zero-order chi connectivity index (χ0) is 12.9. The van der Waals surface area contributed by atoms with Crippen molar-refractivity contribution in [3.8, 4) is 0 Å². The molecule has 0 spiro atoms. The summed E-state index contributed by atoms with van der Waals surface area (Å²) in [6.07, 6.45) is 6.21. The number of rotatable bonds is 4. The lowest BCUT2D eigenvalue weighted by Gasteiger charge is -2.19. The highest BCUT2D eigenvalue weighted by molar-refractivity contribution is 5.53. The zero-order valence-corrected chi connectivity index (χ0v) is 11.0. The van der Waals surface area contributed by atoms with Gasteiger partial charge in [-0.2, -0.15) is 5.10 Å². The van der Waals surface area contributed by atoms with Crippen molar-refractivity contribution in [3.63, 3.8) is 0 Å². The molecule has 2 N–H and O–H groups in total. The molecule has 1 aliphatic heterocycles. The molecule has 2 heterocycles. The smallest absolute Gasteiger partial charge is 0.0534 e. The molecule has 1 aliphatic rings. The van der Waals surface area contributed by atoms with Crippen LogP contribution < -0.4 is 10.6 Å². The van der Waals surface area contributed by atoms with Gasteiger partial charge < -0.3 is 10.6 Å². The van der Waals surface area contributed by atoms with Gasteiger partial charge in [0.15, 0.2) is 0 Å². The van der Waals surface area contributed by atoms with Crippen molar-refractivity contribution < 1.29 is 0 Å². The maximum absolute atomic E-state index is 4.23. The summed E-state index contributed by atoms with van der Waals surface area (Å²) in [5, 5.41) is 11.4. The van der Waals surface area contributed by atoms with Gasteiger partial charge in [-0.1, -0.05) is 18.2 Å². The standard InChI is InChI=1S/C15H20N4/c1-2-6-14-13(5-1)15(7-3-8-16-14)17-10-12-19-11-4-9-18-19/h1-2,4-6,9,11,15-17H,3,7-8,10,12H2. The Morgan fingerprint density at radius 2 is 2.26 bits per heavy atom. The average molecular weight is 256 g/mol. The van der Waals surface area contributed by atoms with Crippen LogP contribution in [0.15, 0.2) is 42.7 Å². The number of benzene rings is 1. The third kappa shape index (κ3) is 2.96. The minimum Gasteiger partial charge on any atom is -0.385 e. The van der Waals surface area contributed by atoms with Gasteiger partial charge in [-0.05, 0) is 30.5 Å². The number of para-hydroxylation sites is 1. The summed E-state index contributed by atoms with van der Waals surface area (Å²) in [5.74, 6) is 0. The van der Waals surface area contributed by atoms with E-state index in [9.17, 15) is 0 Å². The fourth-order valence-corrected chi connectivity index (χ4v) is 2.64. The van der Waals surface area contributed by atoms with E-state index in [-0.39, 0.29) is 0 Å². The van der Waals surface area contributed by atoms with Crippen LogP contribution in [0, 0.1) is 0 Å². The van der Waals surface area contributed by atoms with Crippen molar-refractivity contribution in [3.05, 3.63) is 48.3 Å². The molecule has 4 heteroatoms. The van der Waals surface area contributed by atoms with E-state index < -0.39 is 0 Å². The predicted octanol–water partition coefficient (Wildman–Crippen LogP) is 2.42. The van der Waals surface area contributed by atoms with Crippen molar-refractivity contribution >= 4 is 5.69 Å². The summed E-state index contributed by atoms with van der Waals surface area (Å²) in [5.41, 5.74) is 2.66. The molecule has 0 radical (unpaired) electrons. The van der Waals surface area contributed by atoms with Crippen molar-refractivity contribution in [2.75, 3.05) is 18.4 Å². The Morgan fingerprint density at radius 1 is 1.32 bits per heavy atom. The Labute approximate surface area is 113 Å². The number of aromatic nitrogens is 2. The highest BCUT2D eigenvalue weighted by Crippen LogP contribution is 2.28. The molecule has 1 atom stereocenters. The first-order chi connectivity index (χ1) is 9.43. The van der Waals surface area contributed by atoms with Gasteiger partial charge in [0, 0.05) is 37.2 Å². The molecule has 3 rings (SSSR count). The van der Waals surface area contributed by atoms with Crippen LogP contribution in [0.3, 0.4) is 0 Å². The Morgan fingerprint density at radius 3 is 3.16 bits per heavy atom. The largest absolute Gasteiger partial charge is 0.385 e. The fourth-order valence-electron chi connectivity index (χ4n) is 2.64. The maximum atomic E-state index is 4.23. The first-order valence-corrected chi connectivity index (χ1v) is 6.97. The number of fused-ring (bicyclic) bond motifs is 1. The Kier molecular flexibility index (Phi) is 3.79. The molecule has 1 aromatic heterocycles. The summed E-state index contributed by atoms with van der Waals surface area (Å²) >= 11 is 0. The second kappa shape index (κ2) is 5.89. The van der Waals surface area contributed by atoms with Crippen LogP contribution in [0.25, 0.3) is 0 Å². The molecule has 4 nitrogen and oxygen atoms in total. The van der Waals surface area contributed by atoms with Crippen LogP contribution in [0.4, 0.5) is 5.69 Å². The van der Waals surface area contributed by atoms with Crippen molar-refractivity contribution in [2.45, 2.75) is 25.4 Å². The first kappa shape index (κ1) is 12.2. The van der Waals surface area contributed by atoms with Crippen molar-refractivity contribution in [1.29, 1.82) is 0 Å². The molecule has 0 fully saturated rings. The SMILES string of the molecule is c1ccc2c(c1)NCCCC2NCCn1cccn1.